The van der Waals surface area contributed by atoms with Gasteiger partial charge in [0.05, 0.1) is 17.8 Å². The lowest BCUT2D eigenvalue weighted by Crippen LogP contribution is -2.36. The zero-order valence-corrected chi connectivity index (χ0v) is 23.5. The fraction of sp³-hybridized carbons (Fsp3) is 0.625. The van der Waals surface area contributed by atoms with Gasteiger partial charge in [0, 0.05) is 17.1 Å². The number of benzene rings is 1. The van der Waals surface area contributed by atoms with Gasteiger partial charge in [0.2, 0.25) is 0 Å². The third-order valence-corrected chi connectivity index (χ3v) is 10.9. The summed E-state index contributed by atoms with van der Waals surface area (Å²) in [6.45, 7) is 13.0. The van der Waals surface area contributed by atoms with Crippen molar-refractivity contribution in [2.45, 2.75) is 102 Å². The molecule has 0 radical (unpaired) electrons. The second-order valence-corrected chi connectivity index (χ2v) is 13.2. The van der Waals surface area contributed by atoms with E-state index in [0.29, 0.717) is 42.4 Å². The first-order valence-corrected chi connectivity index (χ1v) is 14.9. The number of fused-ring (bicyclic) bond motifs is 1. The van der Waals surface area contributed by atoms with E-state index in [2.05, 4.69) is 50.8 Å². The number of hydrogen-bond donors (Lipinski definition) is 3. The molecule has 4 heteroatoms. The maximum atomic E-state index is 10.7. The zero-order valence-electron chi connectivity index (χ0n) is 22.7. The molecule has 7 atom stereocenters. The SMILES string of the molecule is C=C1/C(=C\C=C2/CCC[C@@]3(C)C2CCC3[C@@H](C)CSc2cccc(C(C)(O)CC)c2)C[C@@H](O)C[C@@H]1O. The van der Waals surface area contributed by atoms with Crippen LogP contribution < -0.4 is 0 Å². The lowest BCUT2D eigenvalue weighted by Gasteiger charge is -2.44. The number of thioether (sulfide) groups is 1. The highest BCUT2D eigenvalue weighted by Crippen LogP contribution is 2.59. The fourth-order valence-electron chi connectivity index (χ4n) is 7.15. The van der Waals surface area contributed by atoms with Crippen LogP contribution in [0.1, 0.15) is 84.6 Å². The summed E-state index contributed by atoms with van der Waals surface area (Å²) in [5.74, 6) is 3.06. The van der Waals surface area contributed by atoms with E-state index in [9.17, 15) is 15.3 Å². The number of allylic oxidation sites excluding steroid dienone is 3. The van der Waals surface area contributed by atoms with Crippen molar-refractivity contribution in [3.8, 4) is 0 Å². The van der Waals surface area contributed by atoms with Gasteiger partial charge in [-0.05, 0) is 104 Å². The third-order valence-electron chi connectivity index (χ3n) is 9.65. The Morgan fingerprint density at radius 1 is 1.25 bits per heavy atom. The summed E-state index contributed by atoms with van der Waals surface area (Å²) < 4.78 is 0. The molecule has 4 rings (SSSR count). The van der Waals surface area contributed by atoms with Gasteiger partial charge in [-0.2, -0.15) is 0 Å². The average molecular weight is 511 g/mol. The molecule has 3 unspecified atom stereocenters. The second kappa shape index (κ2) is 11.2. The predicted octanol–water partition coefficient (Wildman–Crippen LogP) is 7.17. The minimum Gasteiger partial charge on any atom is -0.393 e. The summed E-state index contributed by atoms with van der Waals surface area (Å²) in [4.78, 5) is 1.25. The summed E-state index contributed by atoms with van der Waals surface area (Å²) in [6.07, 6.45) is 11.3. The Hall–Kier alpha value is -1.33. The molecule has 3 nitrogen and oxygen atoms in total. The van der Waals surface area contributed by atoms with Crippen molar-refractivity contribution in [2.75, 3.05) is 5.75 Å². The normalized spacial score (nSPS) is 35.6. The van der Waals surface area contributed by atoms with Crippen LogP contribution in [0.5, 0.6) is 0 Å². The molecule has 198 valence electrons. The molecular weight excluding hydrogens is 464 g/mol. The number of hydrogen-bond acceptors (Lipinski definition) is 4. The third kappa shape index (κ3) is 5.72. The van der Waals surface area contributed by atoms with Gasteiger partial charge in [-0.3, -0.25) is 0 Å². The lowest BCUT2D eigenvalue weighted by molar-refractivity contribution is 0.0529. The minimum atomic E-state index is -0.769. The number of rotatable bonds is 7. The van der Waals surface area contributed by atoms with Crippen LogP contribution in [0.3, 0.4) is 0 Å². The van der Waals surface area contributed by atoms with Gasteiger partial charge in [0.1, 0.15) is 0 Å². The van der Waals surface area contributed by atoms with Crippen molar-refractivity contribution in [1.29, 1.82) is 0 Å². The van der Waals surface area contributed by atoms with Gasteiger partial charge >= 0.3 is 0 Å². The minimum absolute atomic E-state index is 0.332. The highest BCUT2D eigenvalue weighted by atomic mass is 32.2. The molecule has 3 N–H and O–H groups in total. The molecule has 0 bridgehead atoms. The van der Waals surface area contributed by atoms with E-state index < -0.39 is 17.8 Å². The number of aliphatic hydroxyl groups is 3. The van der Waals surface area contributed by atoms with Gasteiger partial charge in [0.25, 0.3) is 0 Å². The first-order chi connectivity index (χ1) is 17.0. The number of aliphatic hydroxyl groups excluding tert-OH is 2. The fourth-order valence-corrected chi connectivity index (χ4v) is 8.22. The Bertz CT molecular complexity index is 1010. The molecule has 3 saturated carbocycles. The molecule has 1 aromatic rings. The van der Waals surface area contributed by atoms with Crippen molar-refractivity contribution in [1.82, 2.24) is 0 Å². The first-order valence-electron chi connectivity index (χ1n) is 14.0. The summed E-state index contributed by atoms with van der Waals surface area (Å²) in [5, 5.41) is 31.0. The molecule has 0 amide bonds. The maximum absolute atomic E-state index is 10.7. The molecule has 0 spiro atoms. The quantitative estimate of drug-likeness (QED) is 0.340. The molecule has 36 heavy (non-hydrogen) atoms. The van der Waals surface area contributed by atoms with Crippen LogP contribution in [-0.2, 0) is 5.60 Å². The van der Waals surface area contributed by atoms with E-state index in [1.807, 2.05) is 31.7 Å². The van der Waals surface area contributed by atoms with Crippen LogP contribution in [-0.4, -0.2) is 33.3 Å². The zero-order chi connectivity index (χ0) is 26.1. The van der Waals surface area contributed by atoms with Gasteiger partial charge in [-0.25, -0.2) is 0 Å². The van der Waals surface area contributed by atoms with Crippen LogP contribution in [0.4, 0.5) is 0 Å². The van der Waals surface area contributed by atoms with E-state index in [1.54, 1.807) is 5.57 Å². The second-order valence-electron chi connectivity index (χ2n) is 12.1. The maximum Gasteiger partial charge on any atom is 0.0866 e. The van der Waals surface area contributed by atoms with Crippen LogP contribution in [0.25, 0.3) is 0 Å². The lowest BCUT2D eigenvalue weighted by atomic mass is 9.61. The monoisotopic (exact) mass is 510 g/mol. The van der Waals surface area contributed by atoms with Crippen molar-refractivity contribution in [2.24, 2.45) is 23.2 Å². The van der Waals surface area contributed by atoms with E-state index in [4.69, 9.17) is 0 Å². The largest absolute Gasteiger partial charge is 0.393 e. The van der Waals surface area contributed by atoms with Crippen molar-refractivity contribution < 1.29 is 15.3 Å². The Labute approximate surface area is 222 Å². The van der Waals surface area contributed by atoms with Gasteiger partial charge in [-0.1, -0.05) is 57.2 Å². The Morgan fingerprint density at radius 2 is 2.03 bits per heavy atom. The molecule has 0 aromatic heterocycles. The molecule has 0 saturated heterocycles. The van der Waals surface area contributed by atoms with E-state index in [-0.39, 0.29) is 0 Å². The Morgan fingerprint density at radius 3 is 2.78 bits per heavy atom. The molecule has 1 aromatic carbocycles. The van der Waals surface area contributed by atoms with E-state index >= 15 is 0 Å². The predicted molar refractivity (Wildman–Crippen MR) is 151 cm³/mol. The molecule has 3 aliphatic carbocycles. The first kappa shape index (κ1) is 27.7. The summed E-state index contributed by atoms with van der Waals surface area (Å²) in [6, 6.07) is 8.45. The van der Waals surface area contributed by atoms with Crippen molar-refractivity contribution in [3.63, 3.8) is 0 Å². The van der Waals surface area contributed by atoms with Gasteiger partial charge in [-0.15, -0.1) is 11.8 Å². The van der Waals surface area contributed by atoms with E-state index in [0.717, 1.165) is 28.9 Å². The topological polar surface area (TPSA) is 60.7 Å². The molecule has 0 heterocycles. The summed E-state index contributed by atoms with van der Waals surface area (Å²) in [7, 11) is 0. The van der Waals surface area contributed by atoms with E-state index in [1.165, 1.54) is 30.6 Å². The van der Waals surface area contributed by atoms with Crippen molar-refractivity contribution in [3.05, 3.63) is 65.3 Å². The van der Waals surface area contributed by atoms with Gasteiger partial charge < -0.3 is 15.3 Å². The molecule has 0 aliphatic heterocycles. The Kier molecular flexibility index (Phi) is 8.61. The summed E-state index contributed by atoms with van der Waals surface area (Å²) >= 11 is 1.93. The van der Waals surface area contributed by atoms with Crippen molar-refractivity contribution >= 4 is 11.8 Å². The average Bonchev–Trinajstić information content (AvgIpc) is 3.21. The molecule has 3 aliphatic rings. The Balaban J connectivity index is 1.44. The van der Waals surface area contributed by atoms with Gasteiger partial charge in [0.15, 0.2) is 0 Å². The van der Waals surface area contributed by atoms with Crippen LogP contribution >= 0.6 is 11.8 Å². The van der Waals surface area contributed by atoms with Crippen LogP contribution in [0.15, 0.2) is 64.6 Å². The molecular formula is C32H46O3S. The molecule has 3 fully saturated rings. The standard InChI is InChI=1S/C32H46O3S/c1-6-32(5,35)25-10-7-11-27(18-25)36-20-21(2)28-14-15-29-23(9-8-16-31(28,29)4)12-13-24-17-26(33)19-30(34)22(24)3/h7,10-13,18,21,26,28-30,33-35H,3,6,8-9,14-17,19-20H2,1-2,4-5H3/b23-12+,24-13-/t21-,26+,28?,29?,30-,31+,32?/m0/s1. The highest BCUT2D eigenvalue weighted by Gasteiger charge is 2.50. The van der Waals surface area contributed by atoms with Crippen LogP contribution in [0, 0.1) is 23.2 Å². The summed E-state index contributed by atoms with van der Waals surface area (Å²) in [5.41, 5.74) is 3.90. The van der Waals surface area contributed by atoms with Crippen LogP contribution in [0.2, 0.25) is 0 Å². The smallest absolute Gasteiger partial charge is 0.0866 e. The highest BCUT2D eigenvalue weighted by molar-refractivity contribution is 7.99.